The minimum Gasteiger partial charge on any atom is -0.492 e. The van der Waals surface area contributed by atoms with E-state index in [-0.39, 0.29) is 5.56 Å². The van der Waals surface area contributed by atoms with Gasteiger partial charge >= 0.3 is 5.97 Å². The van der Waals surface area contributed by atoms with Crippen LogP contribution in [0.1, 0.15) is 46.2 Å². The van der Waals surface area contributed by atoms with Crippen LogP contribution in [0.5, 0.6) is 5.75 Å². The smallest absolute Gasteiger partial charge is 0.338 e. The van der Waals surface area contributed by atoms with Crippen molar-refractivity contribution in [3.05, 3.63) is 58.4 Å². The highest BCUT2D eigenvalue weighted by molar-refractivity contribution is 6.02. The summed E-state index contributed by atoms with van der Waals surface area (Å²) in [5.41, 5.74) is 3.75. The maximum Gasteiger partial charge on any atom is 0.338 e. The van der Waals surface area contributed by atoms with Crippen LogP contribution in [0, 0.1) is 13.8 Å². The molecule has 0 radical (unpaired) electrons. The predicted molar refractivity (Wildman–Crippen MR) is 115 cm³/mol. The van der Waals surface area contributed by atoms with E-state index in [4.69, 9.17) is 4.74 Å². The zero-order chi connectivity index (χ0) is 21.7. The number of carboxylic acids is 1. The van der Waals surface area contributed by atoms with Gasteiger partial charge in [0.25, 0.3) is 0 Å². The second kappa shape index (κ2) is 9.71. The van der Waals surface area contributed by atoms with Gasteiger partial charge in [-0.3, -0.25) is 0 Å². The molecule has 0 amide bonds. The fourth-order valence-electron chi connectivity index (χ4n) is 3.52. The fourth-order valence-corrected chi connectivity index (χ4v) is 3.52. The van der Waals surface area contributed by atoms with Gasteiger partial charge in [0.2, 0.25) is 0 Å². The summed E-state index contributed by atoms with van der Waals surface area (Å²) >= 11 is 0. The van der Waals surface area contributed by atoms with Crippen LogP contribution in [0.25, 0.3) is 11.0 Å². The molecular weight excluding hydrogens is 385 g/mol. The number of aromatic nitrogens is 2. The molecule has 7 heteroatoms. The molecule has 0 spiro atoms. The Morgan fingerprint density at radius 2 is 2.00 bits per heavy atom. The van der Waals surface area contributed by atoms with Gasteiger partial charge < -0.3 is 19.7 Å². The second-order valence-electron chi connectivity index (χ2n) is 7.32. The molecule has 0 aliphatic carbocycles. The number of nitrogens with one attached hydrogen (secondary N) is 1. The Morgan fingerprint density at radius 1 is 1.23 bits per heavy atom. The van der Waals surface area contributed by atoms with Crippen LogP contribution in [-0.4, -0.2) is 40.3 Å². The largest absolute Gasteiger partial charge is 0.492 e. The van der Waals surface area contributed by atoms with E-state index in [0.717, 1.165) is 24.1 Å². The first-order valence-electron chi connectivity index (χ1n) is 10.2. The Bertz CT molecular complexity index is 1050. The highest BCUT2D eigenvalue weighted by Crippen LogP contribution is 2.28. The molecule has 1 aromatic heterocycles. The van der Waals surface area contributed by atoms with Gasteiger partial charge in [-0.25, -0.2) is 14.2 Å². The van der Waals surface area contributed by atoms with Crippen molar-refractivity contribution < 1.29 is 19.0 Å². The lowest BCUT2D eigenvalue weighted by molar-refractivity contribution is 0.0698. The zero-order valence-electron chi connectivity index (χ0n) is 17.7. The number of aromatic carboxylic acids is 1. The van der Waals surface area contributed by atoms with Crippen molar-refractivity contribution in [1.82, 2.24) is 14.9 Å². The number of carboxylic acid groups (broad SMARTS) is 1. The van der Waals surface area contributed by atoms with E-state index >= 15 is 0 Å². The Balaban J connectivity index is 1.98. The standard InChI is InChI=1S/C23H28FN3O3/c1-4-8-25-9-10-30-19-11-20(23(28)29)22-21(12-19)27(16(3)26-22)14-18-7-5-6-17(13-24)15(18)2/h5-7,11-12,25H,4,8-10,13-14H2,1-3H3,(H,28,29). The maximum atomic E-state index is 13.3. The number of benzene rings is 2. The summed E-state index contributed by atoms with van der Waals surface area (Å²) in [7, 11) is 0. The van der Waals surface area contributed by atoms with E-state index in [1.165, 1.54) is 6.07 Å². The van der Waals surface area contributed by atoms with Crippen molar-refractivity contribution >= 4 is 17.0 Å². The molecular formula is C23H28FN3O3. The third kappa shape index (κ3) is 4.62. The lowest BCUT2D eigenvalue weighted by Crippen LogP contribution is -2.21. The molecule has 0 aliphatic heterocycles. The van der Waals surface area contributed by atoms with Crippen molar-refractivity contribution in [2.24, 2.45) is 0 Å². The van der Waals surface area contributed by atoms with Gasteiger partial charge in [0.05, 0.1) is 11.1 Å². The van der Waals surface area contributed by atoms with Gasteiger partial charge in [-0.05, 0) is 49.6 Å². The summed E-state index contributed by atoms with van der Waals surface area (Å²) in [6.45, 7) is 7.83. The molecule has 2 aromatic carbocycles. The molecule has 0 saturated carbocycles. The van der Waals surface area contributed by atoms with Crippen LogP contribution in [0.2, 0.25) is 0 Å². The van der Waals surface area contributed by atoms with Crippen molar-refractivity contribution in [2.75, 3.05) is 19.7 Å². The van der Waals surface area contributed by atoms with Crippen molar-refractivity contribution in [2.45, 2.75) is 40.4 Å². The highest BCUT2D eigenvalue weighted by atomic mass is 19.1. The third-order valence-corrected chi connectivity index (χ3v) is 5.25. The summed E-state index contributed by atoms with van der Waals surface area (Å²) in [5.74, 6) is 0.141. The van der Waals surface area contributed by atoms with Gasteiger partial charge in [0, 0.05) is 19.2 Å². The summed E-state index contributed by atoms with van der Waals surface area (Å²) in [6.07, 6.45) is 1.04. The lowest BCUT2D eigenvalue weighted by Gasteiger charge is -2.13. The molecule has 160 valence electrons. The normalized spacial score (nSPS) is 11.2. The van der Waals surface area contributed by atoms with Gasteiger partial charge in [-0.1, -0.05) is 25.1 Å². The average molecular weight is 413 g/mol. The van der Waals surface area contributed by atoms with Gasteiger partial charge in [0.15, 0.2) is 0 Å². The number of fused-ring (bicyclic) bond motifs is 1. The molecule has 6 nitrogen and oxygen atoms in total. The van der Waals surface area contributed by atoms with E-state index in [1.807, 2.05) is 36.6 Å². The lowest BCUT2D eigenvalue weighted by atomic mass is 10.0. The third-order valence-electron chi connectivity index (χ3n) is 5.25. The van der Waals surface area contributed by atoms with Crippen LogP contribution < -0.4 is 10.1 Å². The molecule has 2 N–H and O–H groups in total. The number of carbonyl (C=O) groups is 1. The molecule has 1 heterocycles. The van der Waals surface area contributed by atoms with Crippen LogP contribution in [0.15, 0.2) is 30.3 Å². The Morgan fingerprint density at radius 3 is 2.70 bits per heavy atom. The van der Waals surface area contributed by atoms with Gasteiger partial charge in [0.1, 0.15) is 30.4 Å². The molecule has 0 saturated heterocycles. The van der Waals surface area contributed by atoms with Crippen LogP contribution in [-0.2, 0) is 13.2 Å². The number of nitrogens with zero attached hydrogens (tertiary/aromatic N) is 2. The van der Waals surface area contributed by atoms with E-state index in [2.05, 4.69) is 17.2 Å². The van der Waals surface area contributed by atoms with Crippen molar-refractivity contribution in [3.8, 4) is 5.75 Å². The quantitative estimate of drug-likeness (QED) is 0.486. The number of imidazole rings is 1. The van der Waals surface area contributed by atoms with Crippen LogP contribution in [0.3, 0.4) is 0 Å². The number of aryl methyl sites for hydroxylation is 1. The number of rotatable bonds is 10. The monoisotopic (exact) mass is 413 g/mol. The Kier molecular flexibility index (Phi) is 7.05. The SMILES string of the molecule is CCCNCCOc1cc(C(=O)O)c2nc(C)n(Cc3cccc(CF)c3C)c2c1. The summed E-state index contributed by atoms with van der Waals surface area (Å²) < 4.78 is 21.0. The first-order valence-corrected chi connectivity index (χ1v) is 10.2. The molecule has 0 atom stereocenters. The van der Waals surface area contributed by atoms with Gasteiger partial charge in [-0.2, -0.15) is 0 Å². The number of halogens is 1. The van der Waals surface area contributed by atoms with E-state index in [9.17, 15) is 14.3 Å². The molecule has 3 rings (SSSR count). The van der Waals surface area contributed by atoms with Gasteiger partial charge in [-0.15, -0.1) is 0 Å². The first kappa shape index (κ1) is 21.8. The first-order chi connectivity index (χ1) is 14.5. The van der Waals surface area contributed by atoms with E-state index in [1.54, 1.807) is 6.07 Å². The second-order valence-corrected chi connectivity index (χ2v) is 7.32. The number of alkyl halides is 1. The number of hydrogen-bond donors (Lipinski definition) is 2. The Hall–Kier alpha value is -2.93. The number of ether oxygens (including phenoxy) is 1. The average Bonchev–Trinajstić information content (AvgIpc) is 3.03. The molecule has 0 fully saturated rings. The molecule has 30 heavy (non-hydrogen) atoms. The molecule has 0 bridgehead atoms. The van der Waals surface area contributed by atoms with Crippen molar-refractivity contribution in [3.63, 3.8) is 0 Å². The van der Waals surface area contributed by atoms with Crippen LogP contribution in [0.4, 0.5) is 4.39 Å². The Labute approximate surface area is 175 Å². The maximum absolute atomic E-state index is 13.3. The highest BCUT2D eigenvalue weighted by Gasteiger charge is 2.18. The molecule has 3 aromatic rings. The minimum absolute atomic E-state index is 0.111. The zero-order valence-corrected chi connectivity index (χ0v) is 17.7. The van der Waals surface area contributed by atoms with E-state index in [0.29, 0.717) is 47.9 Å². The summed E-state index contributed by atoms with van der Waals surface area (Å²) in [6, 6.07) is 8.93. The molecule has 0 unspecified atom stereocenters. The summed E-state index contributed by atoms with van der Waals surface area (Å²) in [4.78, 5) is 16.3. The fraction of sp³-hybridized carbons (Fsp3) is 0.391. The minimum atomic E-state index is -1.05. The number of hydrogen-bond acceptors (Lipinski definition) is 4. The molecule has 0 aliphatic rings. The predicted octanol–water partition coefficient (Wildman–Crippen LogP) is 4.25. The topological polar surface area (TPSA) is 76.4 Å². The van der Waals surface area contributed by atoms with E-state index < -0.39 is 12.6 Å². The van der Waals surface area contributed by atoms with Crippen LogP contribution >= 0.6 is 0 Å². The van der Waals surface area contributed by atoms with Crippen molar-refractivity contribution in [1.29, 1.82) is 0 Å². The summed E-state index contributed by atoms with van der Waals surface area (Å²) in [5, 5.41) is 12.9.